The fraction of sp³-hybridized carbons (Fsp3) is 0.0769. The topological polar surface area (TPSA) is 18.5 Å². The Kier molecular flexibility index (Phi) is 8.56. The van der Waals surface area contributed by atoms with Gasteiger partial charge in [-0.15, -0.1) is 0 Å². The van der Waals surface area contributed by atoms with E-state index >= 15 is 0 Å². The maximum Gasteiger partial charge on any atom is 0.386 e. The molecular formula is C26H21F3IO2+. The highest BCUT2D eigenvalue weighted by atomic mass is 127. The van der Waals surface area contributed by atoms with E-state index in [0.717, 1.165) is 23.0 Å². The van der Waals surface area contributed by atoms with Crippen LogP contribution in [-0.4, -0.2) is 6.18 Å². The van der Waals surface area contributed by atoms with Crippen molar-refractivity contribution in [2.24, 2.45) is 0 Å². The number of alkyl halides is 3. The normalized spacial score (nSPS) is 10.6. The lowest BCUT2D eigenvalue weighted by atomic mass is 10.3. The third-order valence-electron chi connectivity index (χ3n) is 3.80. The first-order valence-electron chi connectivity index (χ1n) is 9.73. The Morgan fingerprint density at radius 1 is 0.500 bits per heavy atom. The Morgan fingerprint density at radius 3 is 1.09 bits per heavy atom. The van der Waals surface area contributed by atoms with E-state index in [0.29, 0.717) is 0 Å². The summed E-state index contributed by atoms with van der Waals surface area (Å²) in [7, 11) is 0. The van der Waals surface area contributed by atoms with Gasteiger partial charge < -0.3 is 9.47 Å². The van der Waals surface area contributed by atoms with Crippen molar-refractivity contribution in [1.82, 2.24) is 0 Å². The molecule has 0 atom stereocenters. The second kappa shape index (κ2) is 11.6. The van der Waals surface area contributed by atoms with Gasteiger partial charge in [-0.05, 0) is 72.8 Å². The predicted molar refractivity (Wildman–Crippen MR) is 115 cm³/mol. The molecule has 0 radical (unpaired) electrons. The maximum atomic E-state index is 10.4. The monoisotopic (exact) mass is 549 g/mol. The van der Waals surface area contributed by atoms with Crippen molar-refractivity contribution < 1.29 is 43.9 Å². The quantitative estimate of drug-likeness (QED) is 0.317. The SMILES string of the molecule is CC(F)(F)F.c1ccc(Oc2ccc([I+]c3ccc(Oc4ccccc4)cc3)cc2)cc1. The van der Waals surface area contributed by atoms with Crippen LogP contribution in [0.15, 0.2) is 109 Å². The van der Waals surface area contributed by atoms with Crippen molar-refractivity contribution in [2.75, 3.05) is 0 Å². The molecular weight excluding hydrogens is 528 g/mol. The molecule has 0 amide bonds. The van der Waals surface area contributed by atoms with Gasteiger partial charge in [-0.1, -0.05) is 36.4 Å². The van der Waals surface area contributed by atoms with E-state index in [1.165, 1.54) is 7.14 Å². The summed E-state index contributed by atoms with van der Waals surface area (Å²) in [5.41, 5.74) is 0. The highest BCUT2D eigenvalue weighted by Crippen LogP contribution is 2.21. The molecule has 0 spiro atoms. The lowest BCUT2D eigenvalue weighted by Gasteiger charge is -2.04. The zero-order chi connectivity index (χ0) is 22.8. The summed E-state index contributed by atoms with van der Waals surface area (Å²) in [6.45, 7) is 0.188. The summed E-state index contributed by atoms with van der Waals surface area (Å²) in [5, 5.41) is 0. The smallest absolute Gasteiger partial charge is 0.386 e. The highest BCUT2D eigenvalue weighted by molar-refractivity contribution is 5.31. The number of hydrogen-bond donors (Lipinski definition) is 0. The minimum atomic E-state index is -4.00. The lowest BCUT2D eigenvalue weighted by molar-refractivity contribution is -0.597. The first-order valence-corrected chi connectivity index (χ1v) is 11.9. The first kappa shape index (κ1) is 23.7. The molecule has 0 saturated heterocycles. The summed E-state index contributed by atoms with van der Waals surface area (Å²) in [4.78, 5) is 0. The number of halogens is 4. The van der Waals surface area contributed by atoms with E-state index in [9.17, 15) is 13.2 Å². The average molecular weight is 549 g/mol. The van der Waals surface area contributed by atoms with E-state index in [1.54, 1.807) is 0 Å². The molecule has 6 heteroatoms. The Bertz CT molecular complexity index is 977. The van der Waals surface area contributed by atoms with Crippen molar-refractivity contribution in [2.45, 2.75) is 13.1 Å². The number of hydrogen-bond acceptors (Lipinski definition) is 2. The molecule has 4 rings (SSSR count). The molecule has 164 valence electrons. The molecule has 0 fully saturated rings. The summed E-state index contributed by atoms with van der Waals surface area (Å²) in [6, 6.07) is 36.4. The lowest BCUT2D eigenvalue weighted by Crippen LogP contribution is -3.61. The molecule has 0 unspecified atom stereocenters. The summed E-state index contributed by atoms with van der Waals surface area (Å²) in [6.07, 6.45) is -4.00. The summed E-state index contributed by atoms with van der Waals surface area (Å²) in [5.74, 6) is 3.43. The summed E-state index contributed by atoms with van der Waals surface area (Å²) >= 11 is -0.229. The first-order chi connectivity index (χ1) is 15.3. The largest absolute Gasteiger partial charge is 0.457 e. The third kappa shape index (κ3) is 9.01. The van der Waals surface area contributed by atoms with Crippen LogP contribution in [0, 0.1) is 7.14 Å². The molecule has 0 aliphatic heterocycles. The molecule has 4 aromatic rings. The van der Waals surface area contributed by atoms with E-state index in [-0.39, 0.29) is 28.1 Å². The van der Waals surface area contributed by atoms with Crippen molar-refractivity contribution in [3.63, 3.8) is 0 Å². The van der Waals surface area contributed by atoms with Gasteiger partial charge in [0.1, 0.15) is 23.0 Å². The van der Waals surface area contributed by atoms with Gasteiger partial charge in [0.05, 0.1) is 0 Å². The second-order valence-electron chi connectivity index (χ2n) is 6.61. The van der Waals surface area contributed by atoms with Gasteiger partial charge in [0.15, 0.2) is 7.14 Å². The Morgan fingerprint density at radius 2 is 0.781 bits per heavy atom. The Balaban J connectivity index is 0.000000523. The molecule has 0 saturated carbocycles. The molecule has 32 heavy (non-hydrogen) atoms. The van der Waals surface area contributed by atoms with E-state index < -0.39 is 6.18 Å². The van der Waals surface area contributed by atoms with Crippen LogP contribution in [0.3, 0.4) is 0 Å². The molecule has 0 aliphatic carbocycles. The average Bonchev–Trinajstić information content (AvgIpc) is 2.77. The van der Waals surface area contributed by atoms with Crippen LogP contribution in [0.2, 0.25) is 0 Å². The van der Waals surface area contributed by atoms with Gasteiger partial charge in [-0.2, -0.15) is 13.2 Å². The number of ether oxygens (including phenoxy) is 2. The Hall–Kier alpha value is -3.00. The fourth-order valence-corrected chi connectivity index (χ4v) is 4.66. The molecule has 2 nitrogen and oxygen atoms in total. The molecule has 4 aromatic carbocycles. The van der Waals surface area contributed by atoms with E-state index in [4.69, 9.17) is 9.47 Å². The van der Waals surface area contributed by atoms with Gasteiger partial charge in [0.2, 0.25) is 0 Å². The maximum absolute atomic E-state index is 10.4. The van der Waals surface area contributed by atoms with Crippen molar-refractivity contribution in [3.8, 4) is 23.0 Å². The number of para-hydroxylation sites is 2. The van der Waals surface area contributed by atoms with Crippen LogP contribution < -0.4 is 30.7 Å². The van der Waals surface area contributed by atoms with E-state index in [1.807, 2.05) is 84.9 Å². The van der Waals surface area contributed by atoms with Crippen LogP contribution in [0.4, 0.5) is 13.2 Å². The number of benzene rings is 4. The van der Waals surface area contributed by atoms with E-state index in [2.05, 4.69) is 24.3 Å². The fourth-order valence-electron chi connectivity index (χ4n) is 2.51. The summed E-state index contributed by atoms with van der Waals surface area (Å²) < 4.78 is 45.5. The van der Waals surface area contributed by atoms with Gasteiger partial charge in [0.25, 0.3) is 0 Å². The zero-order valence-corrected chi connectivity index (χ0v) is 19.4. The standard InChI is InChI=1S/C24H18IO2.C2H3F3/c1-3-7-21(8-4-1)26-23-15-11-19(12-16-23)25-20-13-17-24(18-14-20)27-22-9-5-2-6-10-22;1-2(3,4)5/h1-18H;1H3/q+1;. The molecule has 0 bridgehead atoms. The van der Waals surface area contributed by atoms with Crippen LogP contribution in [-0.2, 0) is 0 Å². The van der Waals surface area contributed by atoms with Gasteiger partial charge in [-0.3, -0.25) is 0 Å². The molecule has 0 heterocycles. The zero-order valence-electron chi connectivity index (χ0n) is 17.2. The Labute approximate surface area is 195 Å². The van der Waals surface area contributed by atoms with Crippen molar-refractivity contribution in [3.05, 3.63) is 116 Å². The predicted octanol–water partition coefficient (Wildman–Crippen LogP) is 4.97. The van der Waals surface area contributed by atoms with Crippen LogP contribution in [0.25, 0.3) is 0 Å². The molecule has 0 aromatic heterocycles. The van der Waals surface area contributed by atoms with Gasteiger partial charge in [0, 0.05) is 6.92 Å². The minimum absolute atomic E-state index is 0.188. The minimum Gasteiger partial charge on any atom is -0.457 e. The number of rotatable bonds is 6. The molecule has 0 N–H and O–H groups in total. The van der Waals surface area contributed by atoms with Crippen LogP contribution in [0.5, 0.6) is 23.0 Å². The third-order valence-corrected chi connectivity index (χ3v) is 6.49. The van der Waals surface area contributed by atoms with Crippen molar-refractivity contribution in [1.29, 1.82) is 0 Å². The molecule has 0 aliphatic rings. The second-order valence-corrected chi connectivity index (χ2v) is 9.64. The highest BCUT2D eigenvalue weighted by Gasteiger charge is 2.16. The van der Waals surface area contributed by atoms with Gasteiger partial charge in [-0.25, -0.2) is 0 Å². The van der Waals surface area contributed by atoms with Crippen LogP contribution >= 0.6 is 0 Å². The van der Waals surface area contributed by atoms with Crippen LogP contribution in [0.1, 0.15) is 6.92 Å². The van der Waals surface area contributed by atoms with Crippen molar-refractivity contribution >= 4 is 0 Å². The van der Waals surface area contributed by atoms with Gasteiger partial charge >= 0.3 is 27.4 Å².